The Morgan fingerprint density at radius 2 is 1.80 bits per heavy atom. The second-order valence-corrected chi connectivity index (χ2v) is 10.2. The molecule has 0 radical (unpaired) electrons. The lowest BCUT2D eigenvalue weighted by atomic mass is 9.87. The monoisotopic (exact) mass is 537 g/mol. The van der Waals surface area contributed by atoms with E-state index in [0.717, 1.165) is 49.7 Å². The van der Waals surface area contributed by atoms with Crippen molar-refractivity contribution in [1.82, 2.24) is 9.88 Å². The minimum Gasteiger partial charge on any atom is -0.396 e. The molecule has 1 saturated carbocycles. The molecule has 2 aromatic rings. The van der Waals surface area contributed by atoms with Crippen LogP contribution in [0.25, 0.3) is 10.9 Å². The van der Waals surface area contributed by atoms with Crippen LogP contribution in [-0.4, -0.2) is 41.1 Å². The Balaban J connectivity index is 1.61. The van der Waals surface area contributed by atoms with Gasteiger partial charge in [-0.15, -0.1) is 0 Å². The number of aliphatic hydroxyl groups excluding tert-OH is 1. The van der Waals surface area contributed by atoms with Gasteiger partial charge in [-0.25, -0.2) is 0 Å². The van der Waals surface area contributed by atoms with E-state index in [0.29, 0.717) is 21.3 Å². The van der Waals surface area contributed by atoms with Crippen LogP contribution in [-0.2, 0) is 6.54 Å². The minimum atomic E-state index is -4.24. The third kappa shape index (κ3) is 6.26. The van der Waals surface area contributed by atoms with Crippen LogP contribution in [0.5, 0.6) is 0 Å². The molecule has 3 N–H and O–H groups in total. The largest absolute Gasteiger partial charge is 0.406 e. The average molecular weight is 537 g/mol. The zero-order chi connectivity index (χ0) is 21.9. The van der Waals surface area contributed by atoms with Gasteiger partial charge in [0.2, 0.25) is 0 Å². The molecule has 0 saturated heterocycles. The van der Waals surface area contributed by atoms with Crippen LogP contribution in [0.3, 0.4) is 0 Å². The van der Waals surface area contributed by atoms with Crippen molar-refractivity contribution in [3.63, 3.8) is 0 Å². The molecule has 1 heterocycles. The number of hydrogen-bond donors (Lipinski definition) is 3. The fourth-order valence-corrected chi connectivity index (χ4v) is 4.93. The van der Waals surface area contributed by atoms with Crippen LogP contribution >= 0.6 is 22.6 Å². The van der Waals surface area contributed by atoms with Crippen LogP contribution in [0.4, 0.5) is 18.9 Å². The molecular weight excluding hydrogens is 506 g/mol. The Hall–Kier alpha value is -1.00. The molecule has 4 nitrogen and oxygen atoms in total. The first-order valence-corrected chi connectivity index (χ1v) is 11.6. The Bertz CT molecular complexity index is 842. The predicted octanol–water partition coefficient (Wildman–Crippen LogP) is 5.53. The highest BCUT2D eigenvalue weighted by Crippen LogP contribution is 2.32. The Kier molecular flexibility index (Phi) is 7.61. The highest BCUT2D eigenvalue weighted by molar-refractivity contribution is 14.1. The van der Waals surface area contributed by atoms with E-state index in [-0.39, 0.29) is 12.0 Å². The molecule has 1 fully saturated rings. The van der Waals surface area contributed by atoms with Gasteiger partial charge < -0.3 is 20.3 Å². The number of aromatic nitrogens is 1. The van der Waals surface area contributed by atoms with Gasteiger partial charge in [0.1, 0.15) is 6.54 Å². The van der Waals surface area contributed by atoms with Crippen molar-refractivity contribution >= 4 is 39.2 Å². The number of alkyl halides is 3. The van der Waals surface area contributed by atoms with Gasteiger partial charge in [0.25, 0.3) is 0 Å². The molecule has 1 aliphatic carbocycles. The standard InChI is InChI=1S/C22H31F3IN3O/c1-21(2,10-11-30)13-27-15-6-8-16(9-7-15)28-18-4-3-5-19-17(18)12-20(26)29(19)14-22(23,24)25/h3-5,12,15-16,27-28,30H,6-11,13-14H2,1-2H3. The van der Waals surface area contributed by atoms with E-state index >= 15 is 0 Å². The van der Waals surface area contributed by atoms with E-state index in [4.69, 9.17) is 5.11 Å². The number of nitrogens with zero attached hydrogens (tertiary/aromatic N) is 1. The van der Waals surface area contributed by atoms with E-state index in [1.807, 2.05) is 40.8 Å². The van der Waals surface area contributed by atoms with Gasteiger partial charge in [0.05, 0.1) is 9.22 Å². The fraction of sp³-hybridized carbons (Fsp3) is 0.636. The highest BCUT2D eigenvalue weighted by Gasteiger charge is 2.30. The van der Waals surface area contributed by atoms with Crippen molar-refractivity contribution in [3.8, 4) is 0 Å². The van der Waals surface area contributed by atoms with Crippen molar-refractivity contribution in [1.29, 1.82) is 0 Å². The third-order valence-electron chi connectivity index (χ3n) is 5.98. The molecule has 168 valence electrons. The SMILES string of the molecule is CC(C)(CCO)CNC1CCC(Nc2cccc3c2cc(I)n3CC(F)(F)F)CC1. The lowest BCUT2D eigenvalue weighted by Crippen LogP contribution is -2.41. The summed E-state index contributed by atoms with van der Waals surface area (Å²) < 4.78 is 40.8. The molecule has 0 spiro atoms. The van der Waals surface area contributed by atoms with Gasteiger partial charge in [0.15, 0.2) is 0 Å². The summed E-state index contributed by atoms with van der Waals surface area (Å²) in [7, 11) is 0. The van der Waals surface area contributed by atoms with Crippen molar-refractivity contribution in [3.05, 3.63) is 28.0 Å². The summed E-state index contributed by atoms with van der Waals surface area (Å²) >= 11 is 1.98. The number of benzene rings is 1. The van der Waals surface area contributed by atoms with Crippen LogP contribution in [0, 0.1) is 9.12 Å². The number of nitrogens with one attached hydrogen (secondary N) is 2. The van der Waals surface area contributed by atoms with Crippen molar-refractivity contribution in [2.75, 3.05) is 18.5 Å². The van der Waals surface area contributed by atoms with Gasteiger partial charge in [-0.3, -0.25) is 0 Å². The first-order valence-electron chi connectivity index (χ1n) is 10.5. The molecule has 1 aliphatic rings. The minimum absolute atomic E-state index is 0.0835. The zero-order valence-corrected chi connectivity index (χ0v) is 19.7. The van der Waals surface area contributed by atoms with E-state index < -0.39 is 12.7 Å². The maximum atomic E-state index is 13.0. The Labute approximate surface area is 189 Å². The maximum absolute atomic E-state index is 13.0. The molecule has 0 unspecified atom stereocenters. The molecule has 0 bridgehead atoms. The summed E-state index contributed by atoms with van der Waals surface area (Å²) in [5.74, 6) is 0. The highest BCUT2D eigenvalue weighted by atomic mass is 127. The van der Waals surface area contributed by atoms with Gasteiger partial charge in [-0.1, -0.05) is 19.9 Å². The smallest absolute Gasteiger partial charge is 0.396 e. The molecule has 1 aromatic heterocycles. The number of hydrogen-bond acceptors (Lipinski definition) is 3. The fourth-order valence-electron chi connectivity index (χ4n) is 4.19. The summed E-state index contributed by atoms with van der Waals surface area (Å²) in [5, 5.41) is 17.2. The van der Waals surface area contributed by atoms with E-state index in [1.54, 1.807) is 6.07 Å². The molecule has 0 atom stereocenters. The lowest BCUT2D eigenvalue weighted by molar-refractivity contribution is -0.140. The quantitative estimate of drug-likeness (QED) is 0.389. The van der Waals surface area contributed by atoms with Gasteiger partial charge >= 0.3 is 6.18 Å². The van der Waals surface area contributed by atoms with Gasteiger partial charge in [0, 0.05) is 36.3 Å². The summed E-state index contributed by atoms with van der Waals surface area (Å²) in [5.41, 5.74) is 1.61. The Morgan fingerprint density at radius 1 is 1.13 bits per heavy atom. The number of rotatable bonds is 8. The van der Waals surface area contributed by atoms with E-state index in [9.17, 15) is 13.2 Å². The molecule has 30 heavy (non-hydrogen) atoms. The second kappa shape index (κ2) is 9.65. The summed E-state index contributed by atoms with van der Waals surface area (Å²) in [6.07, 6.45) is 0.717. The maximum Gasteiger partial charge on any atom is 0.406 e. The van der Waals surface area contributed by atoms with E-state index in [2.05, 4.69) is 24.5 Å². The normalized spacial score (nSPS) is 20.6. The molecule has 8 heteroatoms. The van der Waals surface area contributed by atoms with Crippen LogP contribution in [0.15, 0.2) is 24.3 Å². The molecule has 0 amide bonds. The number of fused-ring (bicyclic) bond motifs is 1. The molecular formula is C22H31F3IN3O. The van der Waals surface area contributed by atoms with Crippen molar-refractivity contribution in [2.45, 2.75) is 70.8 Å². The number of aliphatic hydroxyl groups is 1. The van der Waals surface area contributed by atoms with Crippen molar-refractivity contribution < 1.29 is 18.3 Å². The lowest BCUT2D eigenvalue weighted by Gasteiger charge is -2.33. The average Bonchev–Trinajstić information content (AvgIpc) is 2.96. The van der Waals surface area contributed by atoms with Gasteiger partial charge in [-0.05, 0) is 78.3 Å². The van der Waals surface area contributed by atoms with Crippen LogP contribution in [0.2, 0.25) is 0 Å². The summed E-state index contributed by atoms with van der Waals surface area (Å²) in [6, 6.07) is 8.17. The summed E-state index contributed by atoms with van der Waals surface area (Å²) in [6.45, 7) is 4.45. The molecule has 0 aliphatic heterocycles. The predicted molar refractivity (Wildman–Crippen MR) is 124 cm³/mol. The van der Waals surface area contributed by atoms with Gasteiger partial charge in [-0.2, -0.15) is 13.2 Å². The third-order valence-corrected chi connectivity index (χ3v) is 6.87. The first kappa shape index (κ1) is 23.7. The van der Waals surface area contributed by atoms with Crippen LogP contribution in [0.1, 0.15) is 46.0 Å². The number of halogens is 4. The molecule has 3 rings (SSSR count). The summed E-state index contributed by atoms with van der Waals surface area (Å²) in [4.78, 5) is 0. The second-order valence-electron chi connectivity index (χ2n) is 9.12. The zero-order valence-electron chi connectivity index (χ0n) is 17.5. The first-order chi connectivity index (χ1) is 14.1. The van der Waals surface area contributed by atoms with Crippen LogP contribution < -0.4 is 10.6 Å². The topological polar surface area (TPSA) is 49.2 Å². The van der Waals surface area contributed by atoms with E-state index in [1.165, 1.54) is 4.57 Å². The Morgan fingerprint density at radius 3 is 2.43 bits per heavy atom. The molecule has 1 aromatic carbocycles. The van der Waals surface area contributed by atoms with Crippen molar-refractivity contribution in [2.24, 2.45) is 5.41 Å². The number of anilines is 1.